The molecule has 1 N–H and O–H groups in total. The Morgan fingerprint density at radius 2 is 1.02 bits per heavy atom. The van der Waals surface area contributed by atoms with Gasteiger partial charge in [-0.05, 0) is 0 Å². The number of aromatic nitrogens is 2. The van der Waals surface area contributed by atoms with E-state index in [2.05, 4.69) is 131 Å². The van der Waals surface area contributed by atoms with Gasteiger partial charge in [-0.2, -0.15) is 0 Å². The fraction of sp³-hybridized carbons (Fsp3) is 0.371. The van der Waals surface area contributed by atoms with Crippen molar-refractivity contribution in [3.05, 3.63) is 99.2 Å². The van der Waals surface area contributed by atoms with Gasteiger partial charge in [0.2, 0.25) is 0 Å². The van der Waals surface area contributed by atoms with E-state index in [1.165, 1.54) is 37.5 Å². The van der Waals surface area contributed by atoms with Crippen LogP contribution >= 0.6 is 0 Å². The fourth-order valence-electron chi connectivity index (χ4n) is 5.22. The average Bonchev–Trinajstić information content (AvgIpc) is 3.31. The molecule has 0 unspecified atom stereocenters. The predicted octanol–water partition coefficient (Wildman–Crippen LogP) is 8.66. The standard InChI is InChI=1S/C27H36N2.C8H8NO.Pd/c1-18(2)22-11-9-12-23(19(3)4)26(22)28-15-16-29(17-28)27-24(20(5)6)13-10-14-25(27)21(7)8;1-7(10)9-8-5-3-2-4-6-8;/h9-16,18-21H,1-8H3;2-5H,1H3,(H,9,10);. The summed E-state index contributed by atoms with van der Waals surface area (Å²) in [6, 6.07) is 21.7. The van der Waals surface area contributed by atoms with Gasteiger partial charge in [0.15, 0.2) is 0 Å². The van der Waals surface area contributed by atoms with Gasteiger partial charge in [0.1, 0.15) is 0 Å². The van der Waals surface area contributed by atoms with Crippen LogP contribution in [0.4, 0.5) is 5.69 Å². The van der Waals surface area contributed by atoms with E-state index in [1.807, 2.05) is 12.1 Å². The number of anilines is 1. The molecule has 1 amide bonds. The molecule has 0 atom stereocenters. The Morgan fingerprint density at radius 3 is 1.40 bits per heavy atom. The molecular formula is C35H44N3OPd. The van der Waals surface area contributed by atoms with Crippen molar-refractivity contribution in [2.24, 2.45) is 0 Å². The number of amides is 1. The van der Waals surface area contributed by atoms with Crippen molar-refractivity contribution in [3.63, 3.8) is 0 Å². The molecule has 4 aromatic rings. The van der Waals surface area contributed by atoms with Crippen LogP contribution in [0.2, 0.25) is 0 Å². The number of nitrogens with one attached hydrogen (secondary N) is 1. The molecule has 0 aliphatic heterocycles. The van der Waals surface area contributed by atoms with Crippen LogP contribution < -0.4 is 9.35 Å². The number of hydrogen-bond donors (Lipinski definition) is 1. The average molecular weight is 629 g/mol. The Morgan fingerprint density at radius 1 is 0.625 bits per heavy atom. The Bertz CT molecular complexity index is 1430. The molecule has 0 aliphatic rings. The zero-order chi connectivity index (χ0) is 29.1. The first-order valence-electron chi connectivity index (χ1n) is 14.4. The third-order valence-corrected chi connectivity index (χ3v) is 9.41. The minimum atomic E-state index is -0.0520. The SMILES string of the molecule is CC(=O)Nc1cccc[c]1[Pd]=[c]1n(-c2c(C(C)C)cccc2C(C)C)ccn1-c1c(C(C)C)cccc1C(C)C. The third kappa shape index (κ3) is 6.17. The van der Waals surface area contributed by atoms with E-state index >= 15 is 0 Å². The Hall–Kier alpha value is -3.00. The number of nitrogens with zero attached hydrogens (tertiary/aromatic N) is 2. The molecule has 0 fully saturated rings. The summed E-state index contributed by atoms with van der Waals surface area (Å²) in [6.07, 6.45) is 4.51. The number of carbonyl (C=O) groups is 1. The molecule has 40 heavy (non-hydrogen) atoms. The van der Waals surface area contributed by atoms with Gasteiger partial charge in [-0.25, -0.2) is 0 Å². The van der Waals surface area contributed by atoms with Gasteiger partial charge in [-0.1, -0.05) is 0 Å². The maximum atomic E-state index is 12.1. The second kappa shape index (κ2) is 12.7. The summed E-state index contributed by atoms with van der Waals surface area (Å²) in [5.74, 6) is 1.46. The van der Waals surface area contributed by atoms with E-state index in [1.54, 1.807) is 6.92 Å². The molecule has 4 rings (SSSR count). The number of hydrogen-bond acceptors (Lipinski definition) is 1. The van der Waals surface area contributed by atoms with Crippen LogP contribution in [0.25, 0.3) is 11.4 Å². The number of carbonyl (C=O) groups excluding carboxylic acids is 1. The second-order valence-corrected chi connectivity index (χ2v) is 13.6. The fourth-order valence-corrected chi connectivity index (χ4v) is 7.27. The predicted molar refractivity (Wildman–Crippen MR) is 165 cm³/mol. The molecule has 0 saturated carbocycles. The van der Waals surface area contributed by atoms with Crippen LogP contribution in [0.3, 0.4) is 0 Å². The Balaban J connectivity index is 2.19. The van der Waals surface area contributed by atoms with Crippen molar-refractivity contribution in [1.82, 2.24) is 9.13 Å². The van der Waals surface area contributed by atoms with Gasteiger partial charge in [-0.15, -0.1) is 0 Å². The zero-order valence-corrected chi connectivity index (χ0v) is 26.9. The van der Waals surface area contributed by atoms with Crippen molar-refractivity contribution < 1.29 is 22.3 Å². The molecule has 0 bridgehead atoms. The van der Waals surface area contributed by atoms with E-state index in [4.69, 9.17) is 0 Å². The molecule has 3 aromatic carbocycles. The summed E-state index contributed by atoms with van der Waals surface area (Å²) in [5, 5.41) is 3.08. The first-order valence-corrected chi connectivity index (χ1v) is 15.9. The molecule has 5 heteroatoms. The normalized spacial score (nSPS) is 11.8. The molecule has 215 valence electrons. The maximum absolute atomic E-state index is 12.1. The van der Waals surface area contributed by atoms with Crippen LogP contribution in [0.15, 0.2) is 73.1 Å². The zero-order valence-electron chi connectivity index (χ0n) is 25.4. The van der Waals surface area contributed by atoms with E-state index in [0.717, 1.165) is 9.72 Å². The minimum absolute atomic E-state index is 0.0433. The summed E-state index contributed by atoms with van der Waals surface area (Å²) < 4.78 is 7.23. The second-order valence-electron chi connectivity index (χ2n) is 11.7. The van der Waals surface area contributed by atoms with Gasteiger partial charge in [0.25, 0.3) is 0 Å². The van der Waals surface area contributed by atoms with Crippen molar-refractivity contribution >= 4 is 15.6 Å². The van der Waals surface area contributed by atoms with Crippen molar-refractivity contribution in [2.75, 3.05) is 5.32 Å². The first-order chi connectivity index (χ1) is 19.0. The summed E-state index contributed by atoms with van der Waals surface area (Å²) in [7, 11) is 0. The summed E-state index contributed by atoms with van der Waals surface area (Å²) in [4.78, 5) is 12.1. The number of imidazole rings is 1. The van der Waals surface area contributed by atoms with E-state index < -0.39 is 0 Å². The molecule has 1 aromatic heterocycles. The van der Waals surface area contributed by atoms with E-state index in [9.17, 15) is 4.79 Å². The molecule has 0 aliphatic carbocycles. The van der Waals surface area contributed by atoms with Crippen LogP contribution in [0, 0.1) is 3.89 Å². The van der Waals surface area contributed by atoms with Gasteiger partial charge >= 0.3 is 249 Å². The van der Waals surface area contributed by atoms with Crippen LogP contribution in [0.5, 0.6) is 0 Å². The summed E-state index contributed by atoms with van der Waals surface area (Å²) in [6.45, 7) is 19.8. The van der Waals surface area contributed by atoms with Gasteiger partial charge in [0, 0.05) is 0 Å². The van der Waals surface area contributed by atoms with E-state index in [-0.39, 0.29) is 23.4 Å². The molecule has 0 radical (unpaired) electrons. The van der Waals surface area contributed by atoms with Crippen molar-refractivity contribution in [3.8, 4) is 11.4 Å². The topological polar surface area (TPSA) is 39.0 Å². The van der Waals surface area contributed by atoms with Gasteiger partial charge < -0.3 is 0 Å². The molecule has 1 heterocycles. The summed E-state index contributed by atoms with van der Waals surface area (Å²) in [5.41, 5.74) is 8.83. The van der Waals surface area contributed by atoms with Crippen LogP contribution in [0.1, 0.15) is 108 Å². The monoisotopic (exact) mass is 628 g/mol. The molecule has 4 nitrogen and oxygen atoms in total. The van der Waals surface area contributed by atoms with Gasteiger partial charge in [0.05, 0.1) is 0 Å². The Labute approximate surface area is 248 Å². The van der Waals surface area contributed by atoms with Crippen molar-refractivity contribution in [1.29, 1.82) is 0 Å². The van der Waals surface area contributed by atoms with E-state index in [0.29, 0.717) is 23.7 Å². The Kier molecular flexibility index (Phi) is 9.49. The van der Waals surface area contributed by atoms with Crippen LogP contribution in [-0.4, -0.2) is 15.0 Å². The quantitative estimate of drug-likeness (QED) is 0.195. The first kappa shape index (κ1) is 30.0. The van der Waals surface area contributed by atoms with Crippen molar-refractivity contribution in [2.45, 2.75) is 86.0 Å². The third-order valence-electron chi connectivity index (χ3n) is 7.21. The number of rotatable bonds is 8. The van der Waals surface area contributed by atoms with Crippen LogP contribution in [-0.2, 0) is 22.3 Å². The number of benzene rings is 3. The number of para-hydroxylation sites is 3. The molecular weight excluding hydrogens is 585 g/mol. The molecule has 0 spiro atoms. The van der Waals surface area contributed by atoms with Gasteiger partial charge in [-0.3, -0.25) is 0 Å². The summed E-state index contributed by atoms with van der Waals surface area (Å²) >= 11 is 0.0433. The molecule has 0 saturated heterocycles.